The van der Waals surface area contributed by atoms with E-state index in [-0.39, 0.29) is 5.78 Å². The first kappa shape index (κ1) is 9.57. The van der Waals surface area contributed by atoms with Gasteiger partial charge in [0.1, 0.15) is 11.5 Å². The minimum atomic E-state index is -0.161. The SMILES string of the molecule is Cc1ncc(C(=O)c2cnn(C)n2)n1C. The first-order valence-electron chi connectivity index (χ1n) is 4.49. The van der Waals surface area contributed by atoms with Gasteiger partial charge < -0.3 is 4.57 Å². The van der Waals surface area contributed by atoms with Crippen LogP contribution in [0.2, 0.25) is 0 Å². The van der Waals surface area contributed by atoms with E-state index in [1.807, 2.05) is 6.92 Å². The van der Waals surface area contributed by atoms with Crippen LogP contribution in [0.4, 0.5) is 0 Å². The molecule has 6 heteroatoms. The number of aromatic nitrogens is 5. The van der Waals surface area contributed by atoms with Gasteiger partial charge in [0, 0.05) is 14.1 Å². The summed E-state index contributed by atoms with van der Waals surface area (Å²) in [5, 5.41) is 7.81. The Hall–Kier alpha value is -1.98. The van der Waals surface area contributed by atoms with E-state index < -0.39 is 0 Å². The molecule has 0 unspecified atom stereocenters. The number of hydrogen-bond donors (Lipinski definition) is 0. The van der Waals surface area contributed by atoms with Crippen molar-refractivity contribution in [3.05, 3.63) is 29.6 Å². The molecule has 0 aromatic carbocycles. The third-order valence-corrected chi connectivity index (χ3v) is 2.29. The Balaban J connectivity index is 2.41. The maximum atomic E-state index is 11.9. The van der Waals surface area contributed by atoms with Crippen LogP contribution in [0.5, 0.6) is 0 Å². The van der Waals surface area contributed by atoms with E-state index >= 15 is 0 Å². The predicted molar refractivity (Wildman–Crippen MR) is 52.4 cm³/mol. The molecule has 0 saturated carbocycles. The highest BCUT2D eigenvalue weighted by Crippen LogP contribution is 2.07. The fourth-order valence-corrected chi connectivity index (χ4v) is 1.29. The van der Waals surface area contributed by atoms with Gasteiger partial charge in [0.15, 0.2) is 5.69 Å². The first-order chi connectivity index (χ1) is 7.09. The Labute approximate surface area is 86.5 Å². The molecule has 0 bridgehead atoms. The summed E-state index contributed by atoms with van der Waals surface area (Å²) in [4.78, 5) is 17.3. The van der Waals surface area contributed by atoms with Crippen LogP contribution in [0.25, 0.3) is 0 Å². The van der Waals surface area contributed by atoms with Gasteiger partial charge in [-0.05, 0) is 6.92 Å². The molecular formula is C9H11N5O. The standard InChI is InChI=1S/C9H11N5O/c1-6-10-5-8(13(6)2)9(15)7-4-11-14(3)12-7/h4-5H,1-3H3. The third kappa shape index (κ3) is 1.54. The summed E-state index contributed by atoms with van der Waals surface area (Å²) >= 11 is 0. The second-order valence-electron chi connectivity index (χ2n) is 3.30. The molecule has 78 valence electrons. The van der Waals surface area contributed by atoms with E-state index in [1.54, 1.807) is 24.9 Å². The van der Waals surface area contributed by atoms with Gasteiger partial charge in [0.25, 0.3) is 0 Å². The summed E-state index contributed by atoms with van der Waals surface area (Å²) in [5.74, 6) is 0.633. The molecule has 0 aliphatic carbocycles. The van der Waals surface area contributed by atoms with Gasteiger partial charge in [-0.25, -0.2) is 4.98 Å². The lowest BCUT2D eigenvalue weighted by Crippen LogP contribution is -2.09. The Kier molecular flexibility index (Phi) is 2.11. The number of aryl methyl sites for hydroxylation is 2. The van der Waals surface area contributed by atoms with Crippen molar-refractivity contribution in [2.45, 2.75) is 6.92 Å². The van der Waals surface area contributed by atoms with Crippen LogP contribution in [0.3, 0.4) is 0 Å². The van der Waals surface area contributed by atoms with Crippen LogP contribution in [0, 0.1) is 6.92 Å². The molecule has 15 heavy (non-hydrogen) atoms. The van der Waals surface area contributed by atoms with Crippen LogP contribution in [0.15, 0.2) is 12.4 Å². The molecule has 0 spiro atoms. The molecule has 2 heterocycles. The zero-order chi connectivity index (χ0) is 11.0. The number of carbonyl (C=O) groups is 1. The van der Waals surface area contributed by atoms with Gasteiger partial charge in [-0.3, -0.25) is 4.79 Å². The van der Waals surface area contributed by atoms with Crippen molar-refractivity contribution in [2.24, 2.45) is 14.1 Å². The van der Waals surface area contributed by atoms with E-state index in [0.29, 0.717) is 11.4 Å². The molecule has 2 aromatic heterocycles. The molecule has 0 aliphatic rings. The lowest BCUT2D eigenvalue weighted by Gasteiger charge is -1.99. The Morgan fingerprint density at radius 1 is 1.33 bits per heavy atom. The van der Waals surface area contributed by atoms with Crippen molar-refractivity contribution >= 4 is 5.78 Å². The highest BCUT2D eigenvalue weighted by Gasteiger charge is 2.16. The maximum absolute atomic E-state index is 11.9. The van der Waals surface area contributed by atoms with Crippen molar-refractivity contribution in [2.75, 3.05) is 0 Å². The van der Waals surface area contributed by atoms with Crippen LogP contribution in [0.1, 0.15) is 22.0 Å². The summed E-state index contributed by atoms with van der Waals surface area (Å²) in [7, 11) is 3.47. The largest absolute Gasteiger partial charge is 0.329 e. The summed E-state index contributed by atoms with van der Waals surface area (Å²) in [6, 6.07) is 0. The van der Waals surface area contributed by atoms with Crippen LogP contribution >= 0.6 is 0 Å². The van der Waals surface area contributed by atoms with Gasteiger partial charge in [-0.2, -0.15) is 15.0 Å². The van der Waals surface area contributed by atoms with Gasteiger partial charge >= 0.3 is 0 Å². The van der Waals surface area contributed by atoms with Crippen LogP contribution in [-0.2, 0) is 14.1 Å². The second kappa shape index (κ2) is 3.30. The Bertz CT molecular complexity index is 510. The minimum absolute atomic E-state index is 0.161. The summed E-state index contributed by atoms with van der Waals surface area (Å²) in [6.07, 6.45) is 3.00. The van der Waals surface area contributed by atoms with E-state index in [9.17, 15) is 4.79 Å². The molecule has 0 saturated heterocycles. The lowest BCUT2D eigenvalue weighted by atomic mass is 10.2. The van der Waals surface area contributed by atoms with Crippen molar-refractivity contribution in [1.29, 1.82) is 0 Å². The smallest absolute Gasteiger partial charge is 0.232 e. The normalized spacial score (nSPS) is 10.6. The summed E-state index contributed by atoms with van der Waals surface area (Å²) < 4.78 is 1.73. The monoisotopic (exact) mass is 205 g/mol. The third-order valence-electron chi connectivity index (χ3n) is 2.29. The van der Waals surface area contributed by atoms with E-state index in [2.05, 4.69) is 15.2 Å². The molecule has 0 atom stereocenters. The molecule has 0 amide bonds. The van der Waals surface area contributed by atoms with Crippen molar-refractivity contribution in [3.8, 4) is 0 Å². The molecule has 0 fully saturated rings. The average Bonchev–Trinajstić information content (AvgIpc) is 2.75. The van der Waals surface area contributed by atoms with Gasteiger partial charge in [0.05, 0.1) is 12.4 Å². The number of rotatable bonds is 2. The van der Waals surface area contributed by atoms with Crippen molar-refractivity contribution in [3.63, 3.8) is 0 Å². The topological polar surface area (TPSA) is 65.6 Å². The zero-order valence-electron chi connectivity index (χ0n) is 8.80. The predicted octanol–water partition coefficient (Wildman–Crippen LogP) is 0.0880. The number of nitrogens with zero attached hydrogens (tertiary/aromatic N) is 5. The number of ketones is 1. The molecule has 6 nitrogen and oxygen atoms in total. The molecular weight excluding hydrogens is 194 g/mol. The van der Waals surface area contributed by atoms with Crippen LogP contribution in [-0.4, -0.2) is 30.3 Å². The fraction of sp³-hybridized carbons (Fsp3) is 0.333. The minimum Gasteiger partial charge on any atom is -0.329 e. The van der Waals surface area contributed by atoms with Crippen molar-refractivity contribution in [1.82, 2.24) is 24.5 Å². The molecule has 0 radical (unpaired) electrons. The van der Waals surface area contributed by atoms with Gasteiger partial charge in [0.2, 0.25) is 5.78 Å². The molecule has 2 rings (SSSR count). The van der Waals surface area contributed by atoms with Crippen molar-refractivity contribution < 1.29 is 4.79 Å². The maximum Gasteiger partial charge on any atom is 0.232 e. The number of carbonyl (C=O) groups excluding carboxylic acids is 1. The molecule has 0 aliphatic heterocycles. The zero-order valence-corrected chi connectivity index (χ0v) is 8.80. The van der Waals surface area contributed by atoms with E-state index in [4.69, 9.17) is 0 Å². The lowest BCUT2D eigenvalue weighted by molar-refractivity contribution is 0.102. The first-order valence-corrected chi connectivity index (χ1v) is 4.49. The van der Waals surface area contributed by atoms with E-state index in [1.165, 1.54) is 11.0 Å². The molecule has 2 aromatic rings. The van der Waals surface area contributed by atoms with Gasteiger partial charge in [-0.1, -0.05) is 0 Å². The number of imidazole rings is 1. The molecule has 0 N–H and O–H groups in total. The van der Waals surface area contributed by atoms with Gasteiger partial charge in [-0.15, -0.1) is 0 Å². The van der Waals surface area contributed by atoms with E-state index in [0.717, 1.165) is 5.82 Å². The highest BCUT2D eigenvalue weighted by atomic mass is 16.1. The highest BCUT2D eigenvalue weighted by molar-refractivity contribution is 6.06. The number of hydrogen-bond acceptors (Lipinski definition) is 4. The fourth-order valence-electron chi connectivity index (χ4n) is 1.29. The van der Waals surface area contributed by atoms with Crippen LogP contribution < -0.4 is 0 Å². The summed E-state index contributed by atoms with van der Waals surface area (Å²) in [5.41, 5.74) is 0.855. The summed E-state index contributed by atoms with van der Waals surface area (Å²) in [6.45, 7) is 1.84. The average molecular weight is 205 g/mol. The quantitative estimate of drug-likeness (QED) is 0.651. The second-order valence-corrected chi connectivity index (χ2v) is 3.30. The Morgan fingerprint density at radius 2 is 2.07 bits per heavy atom. The Morgan fingerprint density at radius 3 is 2.53 bits per heavy atom.